The number of nitrogens with one attached hydrogen (secondary N) is 1. The van der Waals surface area contributed by atoms with E-state index in [0.717, 1.165) is 17.9 Å². The Labute approximate surface area is 137 Å². The lowest BCUT2D eigenvalue weighted by atomic mass is 9.91. The maximum absolute atomic E-state index is 12.3. The van der Waals surface area contributed by atoms with E-state index in [1.165, 1.54) is 0 Å². The number of amides is 2. The Morgan fingerprint density at radius 3 is 2.71 bits per heavy atom. The fourth-order valence-electron chi connectivity index (χ4n) is 2.11. The van der Waals surface area contributed by atoms with E-state index in [2.05, 4.69) is 33.0 Å². The fraction of sp³-hybridized carbons (Fsp3) is 0.867. The highest BCUT2D eigenvalue weighted by atomic mass is 32.2. The van der Waals surface area contributed by atoms with Crippen LogP contribution < -0.4 is 5.32 Å². The van der Waals surface area contributed by atoms with E-state index >= 15 is 0 Å². The minimum Gasteiger partial charge on any atom is -0.354 e. The minimum absolute atomic E-state index is 0.00348. The zero-order valence-corrected chi connectivity index (χ0v) is 15.2. The summed E-state index contributed by atoms with van der Waals surface area (Å²) in [4.78, 5) is 26.3. The summed E-state index contributed by atoms with van der Waals surface area (Å²) in [5.74, 6) is 3.63. The van der Waals surface area contributed by atoms with Crippen LogP contribution in [0.4, 0.5) is 0 Å². The lowest BCUT2D eigenvalue weighted by Crippen LogP contribution is -2.48. The average Bonchev–Trinajstić information content (AvgIpc) is 2.85. The lowest BCUT2D eigenvalue weighted by molar-refractivity contribution is -0.139. The van der Waals surface area contributed by atoms with Crippen LogP contribution in [0.2, 0.25) is 0 Å². The molecule has 1 atom stereocenters. The van der Waals surface area contributed by atoms with E-state index in [-0.39, 0.29) is 23.3 Å². The van der Waals surface area contributed by atoms with Gasteiger partial charge in [-0.15, -0.1) is 11.8 Å². The first-order valence-electron chi connectivity index (χ1n) is 7.58. The highest BCUT2D eigenvalue weighted by molar-refractivity contribution is 7.99. The monoisotopic (exact) mass is 332 g/mol. The van der Waals surface area contributed by atoms with Crippen LogP contribution in [-0.2, 0) is 9.59 Å². The summed E-state index contributed by atoms with van der Waals surface area (Å²) >= 11 is 3.54. The van der Waals surface area contributed by atoms with Crippen LogP contribution in [0.25, 0.3) is 0 Å². The smallest absolute Gasteiger partial charge is 0.243 e. The van der Waals surface area contributed by atoms with Crippen molar-refractivity contribution >= 4 is 35.3 Å². The normalized spacial score (nSPS) is 18.9. The molecule has 0 aliphatic carbocycles. The largest absolute Gasteiger partial charge is 0.354 e. The van der Waals surface area contributed by atoms with E-state index in [4.69, 9.17) is 0 Å². The standard InChI is InChI=1S/C15H28N2O2S2/c1-5-20-8-6-7-16-14(19)12-10-21-11-17(12)13(18)9-15(2,3)4/h12H,5-11H2,1-4H3,(H,16,19)/t12-/m1/s1. The van der Waals surface area contributed by atoms with E-state index in [9.17, 15) is 9.59 Å². The maximum atomic E-state index is 12.3. The highest BCUT2D eigenvalue weighted by Gasteiger charge is 2.35. The molecular weight excluding hydrogens is 304 g/mol. The number of thioether (sulfide) groups is 2. The number of hydrogen-bond donors (Lipinski definition) is 1. The minimum atomic E-state index is -0.288. The van der Waals surface area contributed by atoms with Crippen molar-refractivity contribution in [3.63, 3.8) is 0 Å². The molecule has 2 amide bonds. The van der Waals surface area contributed by atoms with Crippen LogP contribution in [0.5, 0.6) is 0 Å². The van der Waals surface area contributed by atoms with E-state index < -0.39 is 0 Å². The molecule has 1 heterocycles. The fourth-order valence-corrected chi connectivity index (χ4v) is 3.93. The van der Waals surface area contributed by atoms with Gasteiger partial charge in [0.05, 0.1) is 5.88 Å². The number of rotatable bonds is 7. The van der Waals surface area contributed by atoms with Crippen LogP contribution in [0.3, 0.4) is 0 Å². The quantitative estimate of drug-likeness (QED) is 0.728. The molecule has 122 valence electrons. The molecule has 0 aromatic carbocycles. The van der Waals surface area contributed by atoms with Crippen LogP contribution in [0.1, 0.15) is 40.5 Å². The van der Waals surface area contributed by atoms with Crippen molar-refractivity contribution in [2.75, 3.05) is 29.7 Å². The van der Waals surface area contributed by atoms with Crippen molar-refractivity contribution in [2.45, 2.75) is 46.6 Å². The van der Waals surface area contributed by atoms with E-state index in [0.29, 0.717) is 24.6 Å². The third-order valence-corrected chi connectivity index (χ3v) is 5.15. The highest BCUT2D eigenvalue weighted by Crippen LogP contribution is 2.26. The van der Waals surface area contributed by atoms with Crippen LogP contribution >= 0.6 is 23.5 Å². The Balaban J connectivity index is 2.41. The van der Waals surface area contributed by atoms with Gasteiger partial charge in [0.15, 0.2) is 0 Å². The van der Waals surface area contributed by atoms with Crippen molar-refractivity contribution in [1.29, 1.82) is 0 Å². The predicted octanol–water partition coefficient (Wildman–Crippen LogP) is 2.58. The van der Waals surface area contributed by atoms with Gasteiger partial charge in [-0.2, -0.15) is 11.8 Å². The molecule has 1 fully saturated rings. The Hall–Kier alpha value is -0.360. The maximum Gasteiger partial charge on any atom is 0.243 e. The molecule has 6 heteroatoms. The Kier molecular flexibility index (Phi) is 7.95. The zero-order valence-electron chi connectivity index (χ0n) is 13.6. The Morgan fingerprint density at radius 2 is 2.10 bits per heavy atom. The first kappa shape index (κ1) is 18.7. The van der Waals surface area contributed by atoms with Gasteiger partial charge in [-0.1, -0.05) is 27.7 Å². The molecule has 0 bridgehead atoms. The molecule has 1 aliphatic rings. The van der Waals surface area contributed by atoms with E-state index in [1.807, 2.05) is 11.8 Å². The van der Waals surface area contributed by atoms with Gasteiger partial charge in [-0.3, -0.25) is 9.59 Å². The van der Waals surface area contributed by atoms with Crippen molar-refractivity contribution in [2.24, 2.45) is 5.41 Å². The topological polar surface area (TPSA) is 49.4 Å². The first-order valence-corrected chi connectivity index (χ1v) is 9.89. The molecule has 0 aromatic rings. The summed E-state index contributed by atoms with van der Waals surface area (Å²) in [5.41, 5.74) is -0.0389. The number of nitrogens with zero attached hydrogens (tertiary/aromatic N) is 1. The summed E-state index contributed by atoms with van der Waals surface area (Å²) < 4.78 is 0. The van der Waals surface area contributed by atoms with Gasteiger partial charge in [-0.25, -0.2) is 0 Å². The summed E-state index contributed by atoms with van der Waals surface area (Å²) in [6.45, 7) is 8.99. The molecule has 1 aliphatic heterocycles. The van der Waals surface area contributed by atoms with Gasteiger partial charge in [0, 0.05) is 18.7 Å². The van der Waals surface area contributed by atoms with Gasteiger partial charge in [0.2, 0.25) is 11.8 Å². The summed E-state index contributed by atoms with van der Waals surface area (Å²) in [6.07, 6.45) is 1.48. The molecular formula is C15H28N2O2S2. The molecule has 1 saturated heterocycles. The van der Waals surface area contributed by atoms with Crippen LogP contribution in [0, 0.1) is 5.41 Å². The second kappa shape index (κ2) is 8.93. The molecule has 4 nitrogen and oxygen atoms in total. The van der Waals surface area contributed by atoms with Crippen molar-refractivity contribution in [1.82, 2.24) is 10.2 Å². The average molecular weight is 333 g/mol. The van der Waals surface area contributed by atoms with Gasteiger partial charge in [0.1, 0.15) is 6.04 Å². The molecule has 21 heavy (non-hydrogen) atoms. The van der Waals surface area contributed by atoms with Crippen LogP contribution in [0.15, 0.2) is 0 Å². The van der Waals surface area contributed by atoms with Gasteiger partial charge >= 0.3 is 0 Å². The molecule has 0 unspecified atom stereocenters. The van der Waals surface area contributed by atoms with Gasteiger partial charge in [0.25, 0.3) is 0 Å². The summed E-state index contributed by atoms with van der Waals surface area (Å²) in [6, 6.07) is -0.288. The van der Waals surface area contributed by atoms with Crippen LogP contribution in [-0.4, -0.2) is 52.4 Å². The third kappa shape index (κ3) is 6.96. The second-order valence-electron chi connectivity index (χ2n) is 6.46. The second-order valence-corrected chi connectivity index (χ2v) is 8.85. The molecule has 0 saturated carbocycles. The van der Waals surface area contributed by atoms with E-state index in [1.54, 1.807) is 16.7 Å². The number of hydrogen-bond acceptors (Lipinski definition) is 4. The SMILES string of the molecule is CCSCCCNC(=O)[C@H]1CSCN1C(=O)CC(C)(C)C. The number of carbonyl (C=O) groups is 2. The van der Waals surface area contributed by atoms with Crippen molar-refractivity contribution in [3.8, 4) is 0 Å². The molecule has 0 aromatic heterocycles. The van der Waals surface area contributed by atoms with Crippen molar-refractivity contribution < 1.29 is 9.59 Å². The van der Waals surface area contributed by atoms with Gasteiger partial charge < -0.3 is 10.2 Å². The third-order valence-electron chi connectivity index (χ3n) is 3.16. The zero-order chi connectivity index (χ0) is 15.9. The molecule has 0 radical (unpaired) electrons. The lowest BCUT2D eigenvalue weighted by Gasteiger charge is -2.26. The van der Waals surface area contributed by atoms with Crippen molar-refractivity contribution in [3.05, 3.63) is 0 Å². The summed E-state index contributed by atoms with van der Waals surface area (Å²) in [5, 5.41) is 2.97. The predicted molar refractivity (Wildman–Crippen MR) is 92.7 cm³/mol. The van der Waals surface area contributed by atoms with Gasteiger partial charge in [-0.05, 0) is 23.3 Å². The Bertz CT molecular complexity index is 356. The summed E-state index contributed by atoms with van der Waals surface area (Å²) in [7, 11) is 0. The Morgan fingerprint density at radius 1 is 1.38 bits per heavy atom. The molecule has 1 rings (SSSR count). The number of carbonyl (C=O) groups excluding carboxylic acids is 2. The molecule has 1 N–H and O–H groups in total. The first-order chi connectivity index (χ1) is 9.85. The molecule has 0 spiro atoms.